The van der Waals surface area contributed by atoms with E-state index in [1.54, 1.807) is 0 Å². The number of carbonyl (C=O) groups is 1. The summed E-state index contributed by atoms with van der Waals surface area (Å²) in [4.78, 5) is 12.2. The minimum atomic E-state index is -0.110. The molecule has 0 atom stereocenters. The lowest BCUT2D eigenvalue weighted by molar-refractivity contribution is -0.113. The summed E-state index contributed by atoms with van der Waals surface area (Å²) in [7, 11) is 0. The highest BCUT2D eigenvalue weighted by Crippen LogP contribution is 2.33. The van der Waals surface area contributed by atoms with Crippen molar-refractivity contribution in [1.82, 2.24) is 25.0 Å². The van der Waals surface area contributed by atoms with E-state index in [0.717, 1.165) is 35.3 Å². The Balaban J connectivity index is 1.62. The number of aryl methyl sites for hydroxylation is 1. The van der Waals surface area contributed by atoms with Crippen LogP contribution < -0.4 is 5.32 Å². The van der Waals surface area contributed by atoms with Crippen LogP contribution in [0.5, 0.6) is 0 Å². The van der Waals surface area contributed by atoms with E-state index in [9.17, 15) is 4.79 Å². The molecule has 0 saturated heterocycles. The van der Waals surface area contributed by atoms with Crippen LogP contribution in [0.25, 0.3) is 0 Å². The maximum atomic E-state index is 12.2. The van der Waals surface area contributed by atoms with Crippen LogP contribution in [0.1, 0.15) is 55.8 Å². The van der Waals surface area contributed by atoms with Crippen molar-refractivity contribution in [1.29, 1.82) is 0 Å². The van der Waals surface area contributed by atoms with Crippen molar-refractivity contribution in [2.24, 2.45) is 0 Å². The Bertz CT molecular complexity index is 750. The average molecular weight is 393 g/mol. The molecule has 0 bridgehead atoms. The largest absolute Gasteiger partial charge is 0.302 e. The van der Waals surface area contributed by atoms with Gasteiger partial charge in [-0.05, 0) is 19.3 Å². The predicted octanol–water partition coefficient (Wildman–Crippen LogP) is 3.66. The molecule has 1 amide bonds. The highest BCUT2D eigenvalue weighted by atomic mass is 32.2. The average Bonchev–Trinajstić information content (AvgIpc) is 3.28. The summed E-state index contributed by atoms with van der Waals surface area (Å²) in [6.07, 6.45) is 8.80. The van der Waals surface area contributed by atoms with Gasteiger partial charge in [0.2, 0.25) is 11.0 Å². The van der Waals surface area contributed by atoms with E-state index in [-0.39, 0.29) is 11.7 Å². The third kappa shape index (κ3) is 4.70. The molecule has 26 heavy (non-hydrogen) atoms. The summed E-state index contributed by atoms with van der Waals surface area (Å²) in [5.41, 5.74) is 0. The molecule has 9 heteroatoms. The highest BCUT2D eigenvalue weighted by Gasteiger charge is 2.23. The molecule has 1 fully saturated rings. The third-order valence-electron chi connectivity index (χ3n) is 4.38. The number of carbonyl (C=O) groups excluding carboxylic acids is 1. The lowest BCUT2D eigenvalue weighted by atomic mass is 9.89. The summed E-state index contributed by atoms with van der Waals surface area (Å²) in [6, 6.07) is 0. The first-order valence-corrected chi connectivity index (χ1v) is 10.8. The van der Waals surface area contributed by atoms with E-state index < -0.39 is 0 Å². The number of hydrogen-bond donors (Lipinski definition) is 1. The van der Waals surface area contributed by atoms with E-state index in [1.807, 2.05) is 13.0 Å². The minimum Gasteiger partial charge on any atom is -0.302 e. The molecule has 1 N–H and O–H groups in total. The van der Waals surface area contributed by atoms with E-state index in [0.29, 0.717) is 17.6 Å². The maximum Gasteiger partial charge on any atom is 0.236 e. The van der Waals surface area contributed by atoms with Crippen LogP contribution in [0.4, 0.5) is 5.13 Å². The number of amides is 1. The summed E-state index contributed by atoms with van der Waals surface area (Å²) in [6.45, 7) is 6.52. The van der Waals surface area contributed by atoms with Crippen molar-refractivity contribution in [3.63, 3.8) is 0 Å². The zero-order chi connectivity index (χ0) is 18.4. The number of anilines is 1. The van der Waals surface area contributed by atoms with Crippen LogP contribution in [-0.4, -0.2) is 36.6 Å². The van der Waals surface area contributed by atoms with Crippen LogP contribution >= 0.6 is 23.1 Å². The van der Waals surface area contributed by atoms with Gasteiger partial charge >= 0.3 is 0 Å². The molecular formula is C17H24N6OS2. The summed E-state index contributed by atoms with van der Waals surface area (Å²) >= 11 is 2.80. The molecule has 2 aromatic rings. The Morgan fingerprint density at radius 3 is 2.81 bits per heavy atom. The Kier molecular flexibility index (Phi) is 6.79. The van der Waals surface area contributed by atoms with Gasteiger partial charge < -0.3 is 4.57 Å². The monoisotopic (exact) mass is 392 g/mol. The first kappa shape index (κ1) is 19.0. The van der Waals surface area contributed by atoms with E-state index in [2.05, 4.69) is 36.9 Å². The fourth-order valence-electron chi connectivity index (χ4n) is 3.10. The Morgan fingerprint density at radius 2 is 2.12 bits per heavy atom. The van der Waals surface area contributed by atoms with Crippen LogP contribution in [0.15, 0.2) is 17.8 Å². The molecule has 0 radical (unpaired) electrons. The van der Waals surface area contributed by atoms with Crippen molar-refractivity contribution in [2.75, 3.05) is 11.1 Å². The van der Waals surface area contributed by atoms with Crippen LogP contribution in [0.3, 0.4) is 0 Å². The second-order valence-corrected chi connectivity index (χ2v) is 8.27. The highest BCUT2D eigenvalue weighted by molar-refractivity contribution is 7.99. The van der Waals surface area contributed by atoms with Gasteiger partial charge in [-0.1, -0.05) is 55.4 Å². The van der Waals surface area contributed by atoms with Crippen molar-refractivity contribution in [3.05, 3.63) is 23.5 Å². The van der Waals surface area contributed by atoms with Gasteiger partial charge in [0.15, 0.2) is 5.16 Å². The molecule has 0 unspecified atom stereocenters. The smallest absolute Gasteiger partial charge is 0.236 e. The van der Waals surface area contributed by atoms with Gasteiger partial charge in [-0.15, -0.1) is 27.0 Å². The molecule has 1 aliphatic carbocycles. The summed E-state index contributed by atoms with van der Waals surface area (Å²) in [5.74, 6) is 1.65. The molecule has 0 aromatic carbocycles. The molecular weight excluding hydrogens is 368 g/mol. The van der Waals surface area contributed by atoms with Crippen LogP contribution in [-0.2, 0) is 17.8 Å². The topological polar surface area (TPSA) is 85.6 Å². The zero-order valence-corrected chi connectivity index (χ0v) is 16.6. The summed E-state index contributed by atoms with van der Waals surface area (Å²) < 4.78 is 2.10. The van der Waals surface area contributed by atoms with E-state index >= 15 is 0 Å². The first-order chi connectivity index (χ1) is 12.7. The molecule has 0 spiro atoms. The van der Waals surface area contributed by atoms with Gasteiger partial charge in [-0.25, -0.2) is 0 Å². The molecule has 140 valence electrons. The van der Waals surface area contributed by atoms with Crippen molar-refractivity contribution < 1.29 is 4.79 Å². The fraction of sp³-hybridized carbons (Fsp3) is 0.588. The lowest BCUT2D eigenvalue weighted by Crippen LogP contribution is -2.15. The number of nitrogens with one attached hydrogen (secondary N) is 1. The van der Waals surface area contributed by atoms with E-state index in [4.69, 9.17) is 0 Å². The molecule has 7 nitrogen and oxygen atoms in total. The third-order valence-corrected chi connectivity index (χ3v) is 6.33. The van der Waals surface area contributed by atoms with Gasteiger partial charge in [0.05, 0.1) is 5.75 Å². The molecule has 3 rings (SSSR count). The van der Waals surface area contributed by atoms with Gasteiger partial charge in [0.25, 0.3) is 0 Å². The quantitative estimate of drug-likeness (QED) is 0.545. The van der Waals surface area contributed by atoms with Crippen LogP contribution in [0, 0.1) is 0 Å². The molecule has 1 aliphatic rings. The Morgan fingerprint density at radius 1 is 1.31 bits per heavy atom. The Labute approximate surface area is 161 Å². The second kappa shape index (κ2) is 9.27. The number of rotatable bonds is 8. The first-order valence-electron chi connectivity index (χ1n) is 9.00. The van der Waals surface area contributed by atoms with Crippen molar-refractivity contribution in [3.8, 4) is 0 Å². The molecule has 2 heterocycles. The summed E-state index contributed by atoms with van der Waals surface area (Å²) in [5, 5.41) is 21.8. The number of aromatic nitrogens is 5. The van der Waals surface area contributed by atoms with Gasteiger partial charge in [0.1, 0.15) is 10.8 Å². The number of allylic oxidation sites excluding steroid dienone is 1. The molecule has 1 saturated carbocycles. The number of nitrogens with zero attached hydrogens (tertiary/aromatic N) is 5. The number of thioether (sulfide) groups is 1. The molecule has 0 aliphatic heterocycles. The van der Waals surface area contributed by atoms with Crippen molar-refractivity contribution >= 4 is 34.1 Å². The molecule has 2 aromatic heterocycles. The standard InChI is InChI=1S/C17H24N6OS2/c1-3-10-23-15(12-8-6-5-7-9-12)20-22-17(23)25-11-13(24)18-16-21-19-14(4-2)26-16/h3,12H,1,4-11H2,2H3,(H,18,21,24). The zero-order valence-electron chi connectivity index (χ0n) is 15.0. The maximum absolute atomic E-state index is 12.2. The van der Waals surface area contributed by atoms with E-state index in [1.165, 1.54) is 42.4 Å². The second-order valence-electron chi connectivity index (χ2n) is 6.27. The van der Waals surface area contributed by atoms with Crippen molar-refractivity contribution in [2.45, 2.75) is 63.1 Å². The normalized spacial score (nSPS) is 15.1. The SMILES string of the molecule is C=CCn1c(SCC(=O)Nc2nnc(CC)s2)nnc1C1CCCCC1. The predicted molar refractivity (Wildman–Crippen MR) is 105 cm³/mol. The fourth-order valence-corrected chi connectivity index (χ4v) is 4.55. The Hall–Kier alpha value is -1.74. The van der Waals surface area contributed by atoms with Gasteiger partial charge in [-0.2, -0.15) is 0 Å². The van der Waals surface area contributed by atoms with Gasteiger partial charge in [-0.3, -0.25) is 10.1 Å². The van der Waals surface area contributed by atoms with Crippen LogP contribution in [0.2, 0.25) is 0 Å². The minimum absolute atomic E-state index is 0.110. The lowest BCUT2D eigenvalue weighted by Gasteiger charge is -2.21. The number of hydrogen-bond acceptors (Lipinski definition) is 7. The van der Waals surface area contributed by atoms with Gasteiger partial charge in [0, 0.05) is 12.5 Å².